The van der Waals surface area contributed by atoms with Crippen LogP contribution in [-0.4, -0.2) is 17.1 Å². The summed E-state index contributed by atoms with van der Waals surface area (Å²) in [6.45, 7) is 1.94. The second-order valence-electron chi connectivity index (χ2n) is 5.30. The van der Waals surface area contributed by atoms with E-state index >= 15 is 0 Å². The highest BCUT2D eigenvalue weighted by Gasteiger charge is 2.29. The maximum Gasteiger partial charge on any atom is 0.238 e. The first-order valence-corrected chi connectivity index (χ1v) is 8.83. The minimum Gasteiger partial charge on any atom is -0.326 e. The van der Waals surface area contributed by atoms with Crippen LogP contribution in [0, 0.1) is 6.92 Å². The molecule has 0 saturated carbocycles. The second kappa shape index (κ2) is 6.76. The van der Waals surface area contributed by atoms with Gasteiger partial charge in [-0.15, -0.1) is 11.8 Å². The Morgan fingerprint density at radius 1 is 1.30 bits per heavy atom. The predicted molar refractivity (Wildman–Crippen MR) is 96.8 cm³/mol. The highest BCUT2D eigenvalue weighted by atomic mass is 79.9. The van der Waals surface area contributed by atoms with Crippen LogP contribution in [-0.2, 0) is 9.59 Å². The summed E-state index contributed by atoms with van der Waals surface area (Å²) in [5.41, 5.74) is 2.56. The standard InChI is InChI=1S/C17H15BrN2O2S/c1-10-4-2-3-5-12(10)19-16(21)9-15-17(22)20-13-8-11(18)6-7-14(13)23-15/h2-8,15H,9H2,1H3,(H,19,21)(H,20,22). The highest BCUT2D eigenvalue weighted by molar-refractivity contribution is 9.10. The van der Waals surface area contributed by atoms with Crippen LogP contribution in [0.5, 0.6) is 0 Å². The molecule has 1 atom stereocenters. The SMILES string of the molecule is Cc1ccccc1NC(=O)CC1Sc2ccc(Br)cc2NC1=O. The number of anilines is 2. The van der Waals surface area contributed by atoms with E-state index in [9.17, 15) is 9.59 Å². The third kappa shape index (κ3) is 3.76. The van der Waals surface area contributed by atoms with E-state index < -0.39 is 5.25 Å². The molecule has 2 aromatic rings. The molecular weight excluding hydrogens is 376 g/mol. The van der Waals surface area contributed by atoms with Crippen LogP contribution in [0.25, 0.3) is 0 Å². The molecule has 2 amide bonds. The van der Waals surface area contributed by atoms with Crippen LogP contribution in [0.4, 0.5) is 11.4 Å². The zero-order valence-corrected chi connectivity index (χ0v) is 14.8. The number of amides is 2. The fraction of sp³-hybridized carbons (Fsp3) is 0.176. The summed E-state index contributed by atoms with van der Waals surface area (Å²) in [7, 11) is 0. The zero-order valence-electron chi connectivity index (χ0n) is 12.4. The number of aryl methyl sites for hydroxylation is 1. The normalized spacial score (nSPS) is 16.4. The lowest BCUT2D eigenvalue weighted by molar-refractivity contribution is -0.120. The van der Waals surface area contributed by atoms with Crippen molar-refractivity contribution in [2.24, 2.45) is 0 Å². The second-order valence-corrected chi connectivity index (χ2v) is 7.46. The fourth-order valence-electron chi connectivity index (χ4n) is 2.34. The monoisotopic (exact) mass is 390 g/mol. The third-order valence-electron chi connectivity index (χ3n) is 3.55. The molecule has 3 rings (SSSR count). The molecule has 0 spiro atoms. The molecule has 0 radical (unpaired) electrons. The summed E-state index contributed by atoms with van der Waals surface area (Å²) < 4.78 is 0.910. The van der Waals surface area contributed by atoms with Crippen molar-refractivity contribution in [2.45, 2.75) is 23.5 Å². The average molecular weight is 391 g/mol. The van der Waals surface area contributed by atoms with Gasteiger partial charge in [-0.1, -0.05) is 34.1 Å². The lowest BCUT2D eigenvalue weighted by atomic mass is 10.2. The van der Waals surface area contributed by atoms with Crippen molar-refractivity contribution in [3.63, 3.8) is 0 Å². The van der Waals surface area contributed by atoms with Crippen molar-refractivity contribution >= 4 is 50.9 Å². The molecule has 2 N–H and O–H groups in total. The first kappa shape index (κ1) is 16.1. The first-order valence-electron chi connectivity index (χ1n) is 7.15. The molecule has 0 bridgehead atoms. The van der Waals surface area contributed by atoms with Gasteiger partial charge in [-0.2, -0.15) is 0 Å². The number of thioether (sulfide) groups is 1. The largest absolute Gasteiger partial charge is 0.326 e. The summed E-state index contributed by atoms with van der Waals surface area (Å²) >= 11 is 4.81. The molecule has 0 fully saturated rings. The molecule has 23 heavy (non-hydrogen) atoms. The molecule has 2 aromatic carbocycles. The number of fused-ring (bicyclic) bond motifs is 1. The summed E-state index contributed by atoms with van der Waals surface area (Å²) in [6.07, 6.45) is 0.139. The van der Waals surface area contributed by atoms with E-state index in [-0.39, 0.29) is 18.2 Å². The van der Waals surface area contributed by atoms with Gasteiger partial charge in [-0.25, -0.2) is 0 Å². The lowest BCUT2D eigenvalue weighted by Crippen LogP contribution is -2.32. The molecule has 4 nitrogen and oxygen atoms in total. The van der Waals surface area contributed by atoms with Crippen LogP contribution in [0.3, 0.4) is 0 Å². The Bertz CT molecular complexity index is 779. The van der Waals surface area contributed by atoms with Crippen LogP contribution >= 0.6 is 27.7 Å². The number of carbonyl (C=O) groups is 2. The third-order valence-corrected chi connectivity index (χ3v) is 5.32. The van der Waals surface area contributed by atoms with Crippen LogP contribution in [0.1, 0.15) is 12.0 Å². The summed E-state index contributed by atoms with van der Waals surface area (Å²) in [5, 5.41) is 5.31. The number of benzene rings is 2. The van der Waals surface area contributed by atoms with E-state index in [1.165, 1.54) is 11.8 Å². The molecule has 0 aliphatic carbocycles. The van der Waals surface area contributed by atoms with E-state index in [4.69, 9.17) is 0 Å². The molecule has 1 unspecified atom stereocenters. The van der Waals surface area contributed by atoms with Gasteiger partial charge in [0.1, 0.15) is 0 Å². The van der Waals surface area contributed by atoms with Gasteiger partial charge in [0.05, 0.1) is 10.9 Å². The van der Waals surface area contributed by atoms with Crippen molar-refractivity contribution in [1.82, 2.24) is 0 Å². The summed E-state index contributed by atoms with van der Waals surface area (Å²) in [4.78, 5) is 25.4. The minimum absolute atomic E-state index is 0.138. The molecule has 0 aromatic heterocycles. The molecule has 6 heteroatoms. The van der Waals surface area contributed by atoms with Crippen molar-refractivity contribution in [2.75, 3.05) is 10.6 Å². The number of para-hydroxylation sites is 1. The minimum atomic E-state index is -0.423. The number of hydrogen-bond acceptors (Lipinski definition) is 3. The zero-order chi connectivity index (χ0) is 16.4. The van der Waals surface area contributed by atoms with Gasteiger partial charge < -0.3 is 10.6 Å². The Hall–Kier alpha value is -1.79. The van der Waals surface area contributed by atoms with Gasteiger partial charge in [-0.05, 0) is 36.8 Å². The molecular formula is C17H15BrN2O2S. The highest BCUT2D eigenvalue weighted by Crippen LogP contribution is 2.38. The van der Waals surface area contributed by atoms with Gasteiger partial charge in [0.15, 0.2) is 0 Å². The predicted octanol–water partition coefficient (Wildman–Crippen LogP) is 4.20. The number of rotatable bonds is 3. The molecule has 1 heterocycles. The van der Waals surface area contributed by atoms with Gasteiger partial charge in [0.2, 0.25) is 11.8 Å². The Balaban J connectivity index is 1.68. The summed E-state index contributed by atoms with van der Waals surface area (Å²) in [5.74, 6) is -0.298. The fourth-order valence-corrected chi connectivity index (χ4v) is 3.79. The molecule has 1 aliphatic rings. The van der Waals surface area contributed by atoms with E-state index in [2.05, 4.69) is 26.6 Å². The Kier molecular flexibility index (Phi) is 4.73. The van der Waals surface area contributed by atoms with Gasteiger partial charge in [-0.3, -0.25) is 9.59 Å². The lowest BCUT2D eigenvalue weighted by Gasteiger charge is -2.24. The van der Waals surface area contributed by atoms with E-state index in [0.29, 0.717) is 0 Å². The van der Waals surface area contributed by atoms with E-state index in [1.54, 1.807) is 0 Å². The maximum absolute atomic E-state index is 12.2. The van der Waals surface area contributed by atoms with Crippen molar-refractivity contribution in [1.29, 1.82) is 0 Å². The number of carbonyl (C=O) groups excluding carboxylic acids is 2. The number of hydrogen-bond donors (Lipinski definition) is 2. The average Bonchev–Trinajstić information content (AvgIpc) is 2.50. The smallest absolute Gasteiger partial charge is 0.238 e. The number of halogens is 1. The maximum atomic E-state index is 12.2. The van der Waals surface area contributed by atoms with Gasteiger partial charge in [0.25, 0.3) is 0 Å². The van der Waals surface area contributed by atoms with E-state index in [1.807, 2.05) is 49.4 Å². The molecule has 0 saturated heterocycles. The van der Waals surface area contributed by atoms with Crippen molar-refractivity contribution in [3.8, 4) is 0 Å². The number of nitrogens with one attached hydrogen (secondary N) is 2. The van der Waals surface area contributed by atoms with Crippen LogP contribution in [0.2, 0.25) is 0 Å². The Morgan fingerprint density at radius 2 is 2.09 bits per heavy atom. The summed E-state index contributed by atoms with van der Waals surface area (Å²) in [6, 6.07) is 13.3. The van der Waals surface area contributed by atoms with Crippen molar-refractivity contribution < 1.29 is 9.59 Å². The topological polar surface area (TPSA) is 58.2 Å². The first-order chi connectivity index (χ1) is 11.0. The van der Waals surface area contributed by atoms with Gasteiger partial charge >= 0.3 is 0 Å². The van der Waals surface area contributed by atoms with Crippen LogP contribution < -0.4 is 10.6 Å². The van der Waals surface area contributed by atoms with Crippen LogP contribution in [0.15, 0.2) is 51.8 Å². The molecule has 118 valence electrons. The molecule has 1 aliphatic heterocycles. The Labute approximate surface area is 147 Å². The Morgan fingerprint density at radius 3 is 2.87 bits per heavy atom. The van der Waals surface area contributed by atoms with E-state index in [0.717, 1.165) is 26.3 Å². The quantitative estimate of drug-likeness (QED) is 0.825. The van der Waals surface area contributed by atoms with Gasteiger partial charge in [0, 0.05) is 21.5 Å². The van der Waals surface area contributed by atoms with Crippen molar-refractivity contribution in [3.05, 3.63) is 52.5 Å².